The third-order valence-electron chi connectivity index (χ3n) is 3.04. The summed E-state index contributed by atoms with van der Waals surface area (Å²) in [5.74, 6) is -0.130. The van der Waals surface area contributed by atoms with Gasteiger partial charge in [0.05, 0.1) is 22.3 Å². The minimum Gasteiger partial charge on any atom is -0.395 e. The van der Waals surface area contributed by atoms with Gasteiger partial charge < -0.3 is 10.6 Å². The SMILES string of the molecule is CCn1nc(C)c(N)c1C(=O)N(C)Cc1ccc(Cl)s1. The highest BCUT2D eigenvalue weighted by Gasteiger charge is 2.22. The van der Waals surface area contributed by atoms with Crippen LogP contribution < -0.4 is 5.73 Å². The molecule has 0 aliphatic heterocycles. The second-order valence-electron chi connectivity index (χ2n) is 4.53. The fourth-order valence-corrected chi connectivity index (χ4v) is 3.11. The Hall–Kier alpha value is -1.53. The Morgan fingerprint density at radius 2 is 2.25 bits per heavy atom. The number of nitrogens with two attached hydrogens (primary N) is 1. The smallest absolute Gasteiger partial charge is 0.274 e. The van der Waals surface area contributed by atoms with Gasteiger partial charge in [-0.3, -0.25) is 9.48 Å². The lowest BCUT2D eigenvalue weighted by Gasteiger charge is -2.17. The first-order valence-electron chi connectivity index (χ1n) is 6.26. The molecule has 5 nitrogen and oxygen atoms in total. The molecule has 2 aromatic heterocycles. The van der Waals surface area contributed by atoms with Crippen LogP contribution >= 0.6 is 22.9 Å². The van der Waals surface area contributed by atoms with Crippen LogP contribution in [0.1, 0.15) is 28.0 Å². The zero-order chi connectivity index (χ0) is 14.9. The summed E-state index contributed by atoms with van der Waals surface area (Å²) in [6, 6.07) is 3.75. The molecule has 0 fully saturated rings. The zero-order valence-electron chi connectivity index (χ0n) is 11.7. The molecule has 0 unspecified atom stereocenters. The average molecular weight is 313 g/mol. The maximum absolute atomic E-state index is 12.5. The van der Waals surface area contributed by atoms with Gasteiger partial charge in [0.15, 0.2) is 0 Å². The normalized spacial score (nSPS) is 10.8. The number of aromatic nitrogens is 2. The quantitative estimate of drug-likeness (QED) is 0.944. The van der Waals surface area contributed by atoms with E-state index in [9.17, 15) is 4.79 Å². The number of nitrogens with zero attached hydrogens (tertiary/aromatic N) is 3. The van der Waals surface area contributed by atoms with E-state index >= 15 is 0 Å². The minimum absolute atomic E-state index is 0.130. The van der Waals surface area contributed by atoms with Crippen LogP contribution in [0.15, 0.2) is 12.1 Å². The second kappa shape index (κ2) is 5.85. The molecule has 0 aliphatic carbocycles. The van der Waals surface area contributed by atoms with Gasteiger partial charge in [0.2, 0.25) is 0 Å². The Kier molecular flexibility index (Phi) is 4.35. The summed E-state index contributed by atoms with van der Waals surface area (Å²) >= 11 is 7.36. The summed E-state index contributed by atoms with van der Waals surface area (Å²) in [6.45, 7) is 4.85. The molecule has 2 N–H and O–H groups in total. The third-order valence-corrected chi connectivity index (χ3v) is 4.26. The van der Waals surface area contributed by atoms with Gasteiger partial charge in [0, 0.05) is 18.5 Å². The van der Waals surface area contributed by atoms with E-state index in [1.165, 1.54) is 11.3 Å². The number of hydrogen-bond donors (Lipinski definition) is 1. The average Bonchev–Trinajstić information content (AvgIpc) is 2.93. The molecule has 0 aliphatic rings. The summed E-state index contributed by atoms with van der Waals surface area (Å²) in [4.78, 5) is 15.2. The Morgan fingerprint density at radius 3 is 2.80 bits per heavy atom. The molecule has 0 spiro atoms. The molecule has 20 heavy (non-hydrogen) atoms. The van der Waals surface area contributed by atoms with Gasteiger partial charge in [-0.2, -0.15) is 5.10 Å². The van der Waals surface area contributed by atoms with Crippen molar-refractivity contribution in [3.63, 3.8) is 0 Å². The van der Waals surface area contributed by atoms with Gasteiger partial charge in [-0.15, -0.1) is 11.3 Å². The summed E-state index contributed by atoms with van der Waals surface area (Å²) in [7, 11) is 1.75. The summed E-state index contributed by atoms with van der Waals surface area (Å²) in [6.07, 6.45) is 0. The maximum atomic E-state index is 12.5. The molecule has 0 radical (unpaired) electrons. The van der Waals surface area contributed by atoms with Crippen LogP contribution in [0.2, 0.25) is 4.34 Å². The van der Waals surface area contributed by atoms with Crippen molar-refractivity contribution in [1.29, 1.82) is 0 Å². The molecule has 1 amide bonds. The highest BCUT2D eigenvalue weighted by molar-refractivity contribution is 7.16. The van der Waals surface area contributed by atoms with Crippen molar-refractivity contribution in [2.45, 2.75) is 26.9 Å². The summed E-state index contributed by atoms with van der Waals surface area (Å²) in [5.41, 5.74) is 7.55. The first kappa shape index (κ1) is 14.9. The van der Waals surface area contributed by atoms with Crippen molar-refractivity contribution in [2.75, 3.05) is 12.8 Å². The molecule has 2 rings (SSSR count). The highest BCUT2D eigenvalue weighted by atomic mass is 35.5. The van der Waals surface area contributed by atoms with E-state index in [1.54, 1.807) is 23.6 Å². The largest absolute Gasteiger partial charge is 0.395 e. The Bertz CT molecular complexity index is 634. The number of carbonyl (C=O) groups is 1. The van der Waals surface area contributed by atoms with Crippen LogP contribution in [0.4, 0.5) is 5.69 Å². The first-order valence-corrected chi connectivity index (χ1v) is 7.46. The number of rotatable bonds is 4. The van der Waals surface area contributed by atoms with E-state index < -0.39 is 0 Å². The number of anilines is 1. The Morgan fingerprint density at radius 1 is 1.55 bits per heavy atom. The number of amides is 1. The summed E-state index contributed by atoms with van der Waals surface area (Å²) in [5, 5.41) is 4.27. The molecular weight excluding hydrogens is 296 g/mol. The molecule has 0 saturated carbocycles. The Labute approximate surface area is 126 Å². The first-order chi connectivity index (χ1) is 9.43. The standard InChI is InChI=1S/C13H17ClN4OS/c1-4-18-12(11(15)8(2)16-18)13(19)17(3)7-9-5-6-10(14)20-9/h5-6H,4,7,15H2,1-3H3. The van der Waals surface area contributed by atoms with Crippen LogP contribution in [0.25, 0.3) is 0 Å². The molecule has 0 atom stereocenters. The lowest BCUT2D eigenvalue weighted by molar-refractivity contribution is 0.0775. The molecule has 7 heteroatoms. The summed E-state index contributed by atoms with van der Waals surface area (Å²) < 4.78 is 2.36. The predicted octanol–water partition coefficient (Wildman–Crippen LogP) is 2.78. The molecular formula is C13H17ClN4OS. The van der Waals surface area contributed by atoms with Crippen LogP contribution in [-0.4, -0.2) is 27.6 Å². The molecule has 2 aromatic rings. The lowest BCUT2D eigenvalue weighted by Crippen LogP contribution is -2.28. The third kappa shape index (κ3) is 2.81. The van der Waals surface area contributed by atoms with Crippen LogP contribution in [-0.2, 0) is 13.1 Å². The van der Waals surface area contributed by atoms with Crippen LogP contribution in [0.3, 0.4) is 0 Å². The molecule has 0 aromatic carbocycles. The van der Waals surface area contributed by atoms with E-state index in [1.807, 2.05) is 19.1 Å². The molecule has 0 saturated heterocycles. The van der Waals surface area contributed by atoms with Crippen LogP contribution in [0.5, 0.6) is 0 Å². The fraction of sp³-hybridized carbons (Fsp3) is 0.385. The van der Waals surface area contributed by atoms with Gasteiger partial charge in [-0.05, 0) is 26.0 Å². The van der Waals surface area contributed by atoms with E-state index in [0.717, 1.165) is 9.21 Å². The van der Waals surface area contributed by atoms with Crippen molar-refractivity contribution in [1.82, 2.24) is 14.7 Å². The fourth-order valence-electron chi connectivity index (χ4n) is 1.97. The maximum Gasteiger partial charge on any atom is 0.274 e. The molecule has 108 valence electrons. The van der Waals surface area contributed by atoms with Gasteiger partial charge in [-0.25, -0.2) is 0 Å². The minimum atomic E-state index is -0.130. The number of halogens is 1. The molecule has 0 bridgehead atoms. The number of thiophene rings is 1. The lowest BCUT2D eigenvalue weighted by atomic mass is 10.2. The van der Waals surface area contributed by atoms with Crippen molar-refractivity contribution in [3.8, 4) is 0 Å². The molecule has 2 heterocycles. The van der Waals surface area contributed by atoms with Crippen molar-refractivity contribution in [3.05, 3.63) is 32.7 Å². The monoisotopic (exact) mass is 312 g/mol. The second-order valence-corrected chi connectivity index (χ2v) is 6.33. The Balaban J connectivity index is 2.22. The van der Waals surface area contributed by atoms with Crippen molar-refractivity contribution >= 4 is 34.5 Å². The van der Waals surface area contributed by atoms with E-state index in [-0.39, 0.29) is 5.91 Å². The van der Waals surface area contributed by atoms with Gasteiger partial charge in [0.25, 0.3) is 5.91 Å². The van der Waals surface area contributed by atoms with Gasteiger partial charge in [-0.1, -0.05) is 11.6 Å². The van der Waals surface area contributed by atoms with Gasteiger partial charge >= 0.3 is 0 Å². The van der Waals surface area contributed by atoms with E-state index in [0.29, 0.717) is 30.2 Å². The topological polar surface area (TPSA) is 64.2 Å². The predicted molar refractivity (Wildman–Crippen MR) is 82.2 cm³/mol. The highest BCUT2D eigenvalue weighted by Crippen LogP contribution is 2.24. The number of carbonyl (C=O) groups excluding carboxylic acids is 1. The number of hydrogen-bond acceptors (Lipinski definition) is 4. The number of aryl methyl sites for hydroxylation is 2. The van der Waals surface area contributed by atoms with Gasteiger partial charge in [0.1, 0.15) is 5.69 Å². The number of nitrogen functional groups attached to an aromatic ring is 1. The van der Waals surface area contributed by atoms with E-state index in [4.69, 9.17) is 17.3 Å². The van der Waals surface area contributed by atoms with Crippen molar-refractivity contribution in [2.24, 2.45) is 0 Å². The van der Waals surface area contributed by atoms with E-state index in [2.05, 4.69) is 5.10 Å². The van der Waals surface area contributed by atoms with Crippen molar-refractivity contribution < 1.29 is 4.79 Å². The zero-order valence-corrected chi connectivity index (χ0v) is 13.3. The van der Waals surface area contributed by atoms with Crippen LogP contribution in [0, 0.1) is 6.92 Å².